The summed E-state index contributed by atoms with van der Waals surface area (Å²) in [5.74, 6) is -0.607. The van der Waals surface area contributed by atoms with Crippen LogP contribution in [0.15, 0.2) is 53.7 Å². The fourth-order valence-corrected chi connectivity index (χ4v) is 3.29. The van der Waals surface area contributed by atoms with Crippen molar-refractivity contribution in [1.29, 1.82) is 0 Å². The summed E-state index contributed by atoms with van der Waals surface area (Å²) in [6.45, 7) is 2.01. The number of pyridine rings is 1. The van der Waals surface area contributed by atoms with E-state index in [1.165, 1.54) is 11.8 Å². The molecule has 112 valence electrons. The fraction of sp³-hybridized carbons (Fsp3) is 0.188. The van der Waals surface area contributed by atoms with Crippen molar-refractivity contribution in [3.8, 4) is 0 Å². The first-order valence-electron chi connectivity index (χ1n) is 6.86. The molecule has 0 fully saturated rings. The van der Waals surface area contributed by atoms with Crippen molar-refractivity contribution in [1.82, 2.24) is 10.3 Å². The van der Waals surface area contributed by atoms with Crippen LogP contribution < -0.4 is 10.6 Å². The Labute approximate surface area is 132 Å². The number of thioether (sulfide) groups is 1. The van der Waals surface area contributed by atoms with Crippen LogP contribution in [0.5, 0.6) is 0 Å². The number of benzene rings is 1. The number of fused-ring (bicyclic) bond motifs is 1. The molecule has 2 N–H and O–H groups in total. The Bertz CT molecular complexity index is 720. The van der Waals surface area contributed by atoms with Gasteiger partial charge in [-0.3, -0.25) is 14.6 Å². The van der Waals surface area contributed by atoms with Gasteiger partial charge in [-0.05, 0) is 36.8 Å². The summed E-state index contributed by atoms with van der Waals surface area (Å²) in [7, 11) is 0. The lowest BCUT2D eigenvalue weighted by molar-refractivity contribution is -0.130. The largest absolute Gasteiger partial charge is 0.350 e. The molecule has 3 rings (SSSR count). The van der Waals surface area contributed by atoms with Crippen molar-refractivity contribution in [3.05, 3.63) is 54.4 Å². The third-order valence-corrected chi connectivity index (χ3v) is 4.87. The summed E-state index contributed by atoms with van der Waals surface area (Å²) >= 11 is 1.27. The second kappa shape index (κ2) is 5.81. The Morgan fingerprint density at radius 1 is 1.27 bits per heavy atom. The smallest absolute Gasteiger partial charge is 0.250 e. The molecule has 1 aromatic heterocycles. The highest BCUT2D eigenvalue weighted by molar-refractivity contribution is 8.02. The Balaban J connectivity index is 1.75. The zero-order valence-electron chi connectivity index (χ0n) is 12.0. The molecule has 1 atom stereocenters. The molecule has 2 heterocycles. The molecule has 1 aliphatic heterocycles. The number of carbonyl (C=O) groups is 2. The minimum absolute atomic E-state index is 0.302. The van der Waals surface area contributed by atoms with Crippen molar-refractivity contribution in [2.75, 3.05) is 5.32 Å². The van der Waals surface area contributed by atoms with Crippen molar-refractivity contribution < 1.29 is 9.59 Å². The number of nitrogens with one attached hydrogen (secondary N) is 2. The number of aromatic nitrogens is 1. The summed E-state index contributed by atoms with van der Waals surface area (Å²) < 4.78 is -1.18. The van der Waals surface area contributed by atoms with E-state index in [1.807, 2.05) is 36.4 Å². The summed E-state index contributed by atoms with van der Waals surface area (Å²) in [4.78, 5) is 29.7. The van der Waals surface area contributed by atoms with Gasteiger partial charge in [-0.2, -0.15) is 0 Å². The maximum Gasteiger partial charge on any atom is 0.250 e. The van der Waals surface area contributed by atoms with Crippen LogP contribution in [0.25, 0.3) is 0 Å². The van der Waals surface area contributed by atoms with Gasteiger partial charge in [-0.1, -0.05) is 23.9 Å². The lowest BCUT2D eigenvalue weighted by Gasteiger charge is -2.31. The second-order valence-electron chi connectivity index (χ2n) is 5.12. The molecule has 0 radical (unpaired) electrons. The third kappa shape index (κ3) is 2.69. The van der Waals surface area contributed by atoms with Gasteiger partial charge in [-0.15, -0.1) is 0 Å². The lowest BCUT2D eigenvalue weighted by Crippen LogP contribution is -2.51. The van der Waals surface area contributed by atoms with E-state index in [4.69, 9.17) is 0 Å². The molecule has 6 heteroatoms. The highest BCUT2D eigenvalue weighted by atomic mass is 32.2. The van der Waals surface area contributed by atoms with E-state index in [-0.39, 0.29) is 11.8 Å². The maximum atomic E-state index is 12.5. The number of para-hydroxylation sites is 1. The Kier molecular flexibility index (Phi) is 3.85. The number of anilines is 1. The predicted molar refractivity (Wildman–Crippen MR) is 85.4 cm³/mol. The van der Waals surface area contributed by atoms with Gasteiger partial charge in [-0.25, -0.2) is 0 Å². The molecular weight excluding hydrogens is 298 g/mol. The Morgan fingerprint density at radius 3 is 2.77 bits per heavy atom. The van der Waals surface area contributed by atoms with Crippen LogP contribution in [-0.2, 0) is 16.1 Å². The van der Waals surface area contributed by atoms with Gasteiger partial charge in [0.15, 0.2) is 4.75 Å². The van der Waals surface area contributed by atoms with Crippen LogP contribution in [0.3, 0.4) is 0 Å². The van der Waals surface area contributed by atoms with E-state index in [1.54, 1.807) is 19.3 Å². The SMILES string of the molecule is CC1(C(=O)NCc2ccncc2)Sc2ccccc2NC1=O. The van der Waals surface area contributed by atoms with Gasteiger partial charge in [0, 0.05) is 23.8 Å². The second-order valence-corrected chi connectivity index (χ2v) is 6.58. The molecule has 0 spiro atoms. The summed E-state index contributed by atoms with van der Waals surface area (Å²) in [6, 6.07) is 11.1. The van der Waals surface area contributed by atoms with Gasteiger partial charge in [0.25, 0.3) is 0 Å². The maximum absolute atomic E-state index is 12.5. The van der Waals surface area contributed by atoms with E-state index in [9.17, 15) is 9.59 Å². The number of nitrogens with zero attached hydrogens (tertiary/aromatic N) is 1. The van der Waals surface area contributed by atoms with Gasteiger partial charge in [0.2, 0.25) is 11.8 Å². The molecule has 0 aliphatic carbocycles. The molecule has 0 bridgehead atoms. The van der Waals surface area contributed by atoms with Crippen molar-refractivity contribution in [3.63, 3.8) is 0 Å². The number of hydrogen-bond acceptors (Lipinski definition) is 4. The molecule has 1 aliphatic rings. The first kappa shape index (κ1) is 14.6. The Hall–Kier alpha value is -2.34. The molecule has 0 saturated heterocycles. The average Bonchev–Trinajstić information content (AvgIpc) is 2.54. The standard InChI is InChI=1S/C16H15N3O2S/c1-16(14(20)18-10-11-6-8-17-9-7-11)15(21)19-12-4-2-3-5-13(12)22-16/h2-9H,10H2,1H3,(H,18,20)(H,19,21). The van der Waals surface area contributed by atoms with Crippen molar-refractivity contribution in [2.45, 2.75) is 23.1 Å². The van der Waals surface area contributed by atoms with E-state index in [2.05, 4.69) is 15.6 Å². The van der Waals surface area contributed by atoms with Gasteiger partial charge in [0.1, 0.15) is 0 Å². The molecule has 0 saturated carbocycles. The molecule has 1 aromatic carbocycles. The molecule has 22 heavy (non-hydrogen) atoms. The van der Waals surface area contributed by atoms with Crippen LogP contribution >= 0.6 is 11.8 Å². The molecule has 2 aromatic rings. The summed E-state index contributed by atoms with van der Waals surface area (Å²) in [5, 5.41) is 5.62. The highest BCUT2D eigenvalue weighted by Crippen LogP contribution is 2.42. The predicted octanol–water partition coefficient (Wildman–Crippen LogP) is 2.20. The van der Waals surface area contributed by atoms with E-state index in [0.717, 1.165) is 16.1 Å². The molecule has 2 amide bonds. The highest BCUT2D eigenvalue weighted by Gasteiger charge is 2.45. The molecular formula is C16H15N3O2S. The third-order valence-electron chi connectivity index (χ3n) is 3.52. The van der Waals surface area contributed by atoms with Crippen LogP contribution in [0.1, 0.15) is 12.5 Å². The zero-order valence-corrected chi connectivity index (χ0v) is 12.8. The van der Waals surface area contributed by atoms with E-state index < -0.39 is 4.75 Å². The topological polar surface area (TPSA) is 71.1 Å². The minimum atomic E-state index is -1.18. The molecule has 1 unspecified atom stereocenters. The number of hydrogen-bond donors (Lipinski definition) is 2. The minimum Gasteiger partial charge on any atom is -0.350 e. The average molecular weight is 313 g/mol. The fourth-order valence-electron chi connectivity index (χ4n) is 2.17. The Morgan fingerprint density at radius 2 is 2.00 bits per heavy atom. The first-order chi connectivity index (χ1) is 10.6. The number of amides is 2. The lowest BCUT2D eigenvalue weighted by atomic mass is 10.1. The first-order valence-corrected chi connectivity index (χ1v) is 7.68. The van der Waals surface area contributed by atoms with Gasteiger partial charge < -0.3 is 10.6 Å². The quantitative estimate of drug-likeness (QED) is 0.852. The summed E-state index contributed by atoms with van der Waals surface area (Å²) in [6.07, 6.45) is 3.34. The normalized spacial score (nSPS) is 20.0. The van der Waals surface area contributed by atoms with Gasteiger partial charge in [0.05, 0.1) is 5.69 Å². The van der Waals surface area contributed by atoms with Crippen molar-refractivity contribution in [2.24, 2.45) is 0 Å². The number of carbonyl (C=O) groups excluding carboxylic acids is 2. The summed E-state index contributed by atoms with van der Waals surface area (Å²) in [5.41, 5.74) is 1.69. The zero-order chi connectivity index (χ0) is 15.6. The van der Waals surface area contributed by atoms with Crippen LogP contribution in [-0.4, -0.2) is 21.5 Å². The van der Waals surface area contributed by atoms with Crippen LogP contribution in [0.2, 0.25) is 0 Å². The monoisotopic (exact) mass is 313 g/mol. The van der Waals surface area contributed by atoms with Crippen molar-refractivity contribution >= 4 is 29.3 Å². The van der Waals surface area contributed by atoms with Crippen LogP contribution in [0.4, 0.5) is 5.69 Å². The molecule has 5 nitrogen and oxygen atoms in total. The van der Waals surface area contributed by atoms with Gasteiger partial charge >= 0.3 is 0 Å². The number of rotatable bonds is 3. The van der Waals surface area contributed by atoms with E-state index >= 15 is 0 Å². The van der Waals surface area contributed by atoms with E-state index in [0.29, 0.717) is 6.54 Å². The van der Waals surface area contributed by atoms with Crippen LogP contribution in [0, 0.1) is 0 Å².